The van der Waals surface area contributed by atoms with Crippen molar-refractivity contribution in [1.29, 1.82) is 0 Å². The van der Waals surface area contributed by atoms with Gasteiger partial charge in [-0.25, -0.2) is 9.59 Å². The van der Waals surface area contributed by atoms with Crippen LogP contribution in [0.2, 0.25) is 5.02 Å². The van der Waals surface area contributed by atoms with Gasteiger partial charge in [0.1, 0.15) is 0 Å². The molecule has 1 heterocycles. The van der Waals surface area contributed by atoms with Gasteiger partial charge in [0.25, 0.3) is 5.22 Å². The van der Waals surface area contributed by atoms with Crippen molar-refractivity contribution >= 4 is 46.9 Å². The number of amides is 1. The number of halogens is 1. The highest BCUT2D eigenvalue weighted by molar-refractivity contribution is 7.99. The first-order chi connectivity index (χ1) is 14.9. The molecule has 1 aromatic heterocycles. The third-order valence-corrected chi connectivity index (χ3v) is 4.98. The molecule has 1 N–H and O–H groups in total. The average Bonchev–Trinajstić information content (AvgIpc) is 3.26. The summed E-state index contributed by atoms with van der Waals surface area (Å²) in [7, 11) is 2.44. The van der Waals surface area contributed by atoms with Gasteiger partial charge in [0, 0.05) is 10.6 Å². The van der Waals surface area contributed by atoms with Crippen molar-refractivity contribution < 1.29 is 28.3 Å². The van der Waals surface area contributed by atoms with Gasteiger partial charge in [-0.15, -0.1) is 10.2 Å². The van der Waals surface area contributed by atoms with Crippen molar-refractivity contribution in [2.24, 2.45) is 0 Å². The summed E-state index contributed by atoms with van der Waals surface area (Å²) in [5.74, 6) is -1.55. The zero-order chi connectivity index (χ0) is 22.4. The number of anilines is 1. The smallest absolute Gasteiger partial charge is 0.339 e. The molecule has 0 atom stereocenters. The highest BCUT2D eigenvalue weighted by atomic mass is 35.5. The number of esters is 2. The second-order valence-corrected chi connectivity index (χ2v) is 7.33. The molecule has 31 heavy (non-hydrogen) atoms. The lowest BCUT2D eigenvalue weighted by Gasteiger charge is -2.11. The molecule has 3 rings (SSSR count). The third kappa shape index (κ3) is 5.62. The van der Waals surface area contributed by atoms with Crippen LogP contribution >= 0.6 is 23.4 Å². The Balaban J connectivity index is 1.69. The molecule has 0 aliphatic rings. The molecule has 0 spiro atoms. The highest BCUT2D eigenvalue weighted by Crippen LogP contribution is 2.26. The minimum atomic E-state index is -0.664. The Morgan fingerprint density at radius 3 is 2.55 bits per heavy atom. The second kappa shape index (κ2) is 10.1. The first-order valence-corrected chi connectivity index (χ1v) is 10.1. The van der Waals surface area contributed by atoms with Gasteiger partial charge < -0.3 is 19.2 Å². The Hall–Kier alpha value is -3.37. The predicted octanol–water partition coefficient (Wildman–Crippen LogP) is 3.69. The van der Waals surface area contributed by atoms with E-state index >= 15 is 0 Å². The standard InChI is InChI=1S/C20H16ClN3O6S/c1-28-18(26)12-6-7-14(19(27)29-2)15(9-12)22-16(25)10-31-20-24-23-17(30-20)11-4-3-5-13(21)8-11/h3-9H,10H2,1-2H3,(H,22,25). The molecule has 0 saturated carbocycles. The quantitative estimate of drug-likeness (QED) is 0.414. The van der Waals surface area contributed by atoms with Gasteiger partial charge in [-0.05, 0) is 36.4 Å². The van der Waals surface area contributed by atoms with Crippen molar-refractivity contribution in [3.8, 4) is 11.5 Å². The molecule has 0 fully saturated rings. The Morgan fingerprint density at radius 2 is 1.84 bits per heavy atom. The van der Waals surface area contributed by atoms with Crippen molar-refractivity contribution in [2.75, 3.05) is 25.3 Å². The highest BCUT2D eigenvalue weighted by Gasteiger charge is 2.18. The SMILES string of the molecule is COC(=O)c1ccc(C(=O)OC)c(NC(=O)CSc2nnc(-c3cccc(Cl)c3)o2)c1. The lowest BCUT2D eigenvalue weighted by atomic mass is 10.1. The number of ether oxygens (including phenoxy) is 2. The number of aromatic nitrogens is 2. The van der Waals surface area contributed by atoms with Crippen LogP contribution in [0.5, 0.6) is 0 Å². The van der Waals surface area contributed by atoms with E-state index in [-0.39, 0.29) is 33.7 Å². The van der Waals surface area contributed by atoms with Crippen LogP contribution in [-0.4, -0.2) is 48.0 Å². The first-order valence-electron chi connectivity index (χ1n) is 8.74. The summed E-state index contributed by atoms with van der Waals surface area (Å²) in [6, 6.07) is 11.0. The van der Waals surface area contributed by atoms with Crippen LogP contribution in [0.3, 0.4) is 0 Å². The molecule has 9 nitrogen and oxygen atoms in total. The number of hydrogen-bond donors (Lipinski definition) is 1. The number of nitrogens with zero attached hydrogens (tertiary/aromatic N) is 2. The summed E-state index contributed by atoms with van der Waals surface area (Å²) in [5, 5.41) is 11.1. The van der Waals surface area contributed by atoms with Crippen molar-refractivity contribution in [2.45, 2.75) is 5.22 Å². The van der Waals surface area contributed by atoms with Gasteiger partial charge in [0.05, 0.1) is 36.8 Å². The Kier molecular flexibility index (Phi) is 7.27. The molecule has 160 valence electrons. The number of rotatable bonds is 7. The summed E-state index contributed by atoms with van der Waals surface area (Å²) >= 11 is 6.97. The lowest BCUT2D eigenvalue weighted by molar-refractivity contribution is -0.113. The molecular weight excluding hydrogens is 446 g/mol. The number of benzene rings is 2. The van der Waals surface area contributed by atoms with Crippen LogP contribution in [0.1, 0.15) is 20.7 Å². The van der Waals surface area contributed by atoms with Crippen LogP contribution in [0.4, 0.5) is 5.69 Å². The largest absolute Gasteiger partial charge is 0.465 e. The third-order valence-electron chi connectivity index (χ3n) is 3.92. The maximum atomic E-state index is 12.4. The number of nitrogens with one attached hydrogen (secondary N) is 1. The van der Waals surface area contributed by atoms with Gasteiger partial charge >= 0.3 is 11.9 Å². The minimum absolute atomic E-state index is 0.0831. The molecule has 2 aromatic carbocycles. The number of methoxy groups -OCH3 is 2. The van der Waals surface area contributed by atoms with E-state index in [1.165, 1.54) is 32.4 Å². The first kappa shape index (κ1) is 22.3. The van der Waals surface area contributed by atoms with Crippen LogP contribution in [-0.2, 0) is 14.3 Å². The van der Waals surface area contributed by atoms with Gasteiger partial charge in [0.2, 0.25) is 11.8 Å². The zero-order valence-electron chi connectivity index (χ0n) is 16.4. The van der Waals surface area contributed by atoms with E-state index in [0.717, 1.165) is 11.8 Å². The van der Waals surface area contributed by atoms with Crippen molar-refractivity contribution in [3.05, 3.63) is 58.6 Å². The van der Waals surface area contributed by atoms with Crippen LogP contribution in [0.25, 0.3) is 11.5 Å². The summed E-state index contributed by atoms with van der Waals surface area (Å²) in [6.07, 6.45) is 0. The molecule has 0 saturated heterocycles. The summed E-state index contributed by atoms with van der Waals surface area (Å²) < 4.78 is 14.9. The summed E-state index contributed by atoms with van der Waals surface area (Å²) in [6.45, 7) is 0. The van der Waals surface area contributed by atoms with E-state index in [1.807, 2.05) is 0 Å². The topological polar surface area (TPSA) is 121 Å². The molecule has 1 amide bonds. The van der Waals surface area contributed by atoms with Crippen LogP contribution in [0, 0.1) is 0 Å². The molecule has 0 unspecified atom stereocenters. The molecule has 0 aliphatic heterocycles. The molecule has 3 aromatic rings. The van der Waals surface area contributed by atoms with E-state index in [4.69, 9.17) is 20.8 Å². The van der Waals surface area contributed by atoms with E-state index in [9.17, 15) is 14.4 Å². The fourth-order valence-corrected chi connectivity index (χ4v) is 3.25. The fraction of sp³-hybridized carbons (Fsp3) is 0.150. The van der Waals surface area contributed by atoms with Crippen LogP contribution < -0.4 is 5.32 Å². The normalized spacial score (nSPS) is 10.4. The maximum Gasteiger partial charge on any atom is 0.339 e. The Labute approximate surface area is 186 Å². The van der Waals surface area contributed by atoms with Crippen LogP contribution in [0.15, 0.2) is 52.1 Å². The Morgan fingerprint density at radius 1 is 1.06 bits per heavy atom. The molecule has 0 radical (unpaired) electrons. The predicted molar refractivity (Wildman–Crippen MR) is 113 cm³/mol. The zero-order valence-corrected chi connectivity index (χ0v) is 18.0. The summed E-state index contributed by atoms with van der Waals surface area (Å²) in [5.41, 5.74) is 1.03. The molecular formula is C20H16ClN3O6S. The van der Waals surface area contributed by atoms with E-state index in [0.29, 0.717) is 10.6 Å². The number of carbonyl (C=O) groups is 3. The number of carbonyl (C=O) groups excluding carboxylic acids is 3. The maximum absolute atomic E-state index is 12.4. The number of thioether (sulfide) groups is 1. The molecule has 11 heteroatoms. The summed E-state index contributed by atoms with van der Waals surface area (Å²) in [4.78, 5) is 36.1. The lowest BCUT2D eigenvalue weighted by Crippen LogP contribution is -2.18. The second-order valence-electron chi connectivity index (χ2n) is 5.96. The van der Waals surface area contributed by atoms with Crippen molar-refractivity contribution in [3.63, 3.8) is 0 Å². The molecule has 0 bridgehead atoms. The fourth-order valence-electron chi connectivity index (χ4n) is 2.50. The number of hydrogen-bond acceptors (Lipinski definition) is 9. The minimum Gasteiger partial charge on any atom is -0.465 e. The van der Waals surface area contributed by atoms with E-state index in [2.05, 4.69) is 20.3 Å². The van der Waals surface area contributed by atoms with E-state index in [1.54, 1.807) is 24.3 Å². The van der Waals surface area contributed by atoms with Gasteiger partial charge in [-0.1, -0.05) is 29.4 Å². The molecule has 0 aliphatic carbocycles. The monoisotopic (exact) mass is 461 g/mol. The van der Waals surface area contributed by atoms with Gasteiger partial charge in [0.15, 0.2) is 0 Å². The van der Waals surface area contributed by atoms with Gasteiger partial charge in [-0.3, -0.25) is 4.79 Å². The average molecular weight is 462 g/mol. The van der Waals surface area contributed by atoms with E-state index < -0.39 is 17.8 Å². The Bertz CT molecular complexity index is 1130. The van der Waals surface area contributed by atoms with Gasteiger partial charge in [-0.2, -0.15) is 0 Å². The van der Waals surface area contributed by atoms with Crippen molar-refractivity contribution in [1.82, 2.24) is 10.2 Å².